The Morgan fingerprint density at radius 1 is 1.28 bits per heavy atom. The van der Waals surface area contributed by atoms with Gasteiger partial charge in [0, 0.05) is 49.7 Å². The van der Waals surface area contributed by atoms with Crippen molar-refractivity contribution >= 4 is 11.8 Å². The molecule has 0 fully saturated rings. The second-order valence-corrected chi connectivity index (χ2v) is 7.15. The van der Waals surface area contributed by atoms with Crippen LogP contribution >= 0.6 is 0 Å². The molecule has 29 heavy (non-hydrogen) atoms. The van der Waals surface area contributed by atoms with Crippen LogP contribution in [0.2, 0.25) is 0 Å². The van der Waals surface area contributed by atoms with Gasteiger partial charge in [0.15, 0.2) is 11.5 Å². The maximum Gasteiger partial charge on any atom is 0.258 e. The zero-order valence-electron chi connectivity index (χ0n) is 16.0. The number of nitrogens with zero attached hydrogens (tertiary/aromatic N) is 3. The van der Waals surface area contributed by atoms with E-state index in [1.54, 1.807) is 47.8 Å². The van der Waals surface area contributed by atoms with Crippen molar-refractivity contribution in [1.82, 2.24) is 14.8 Å². The lowest BCUT2D eigenvalue weighted by molar-refractivity contribution is -0.127. The Balaban J connectivity index is 1.69. The summed E-state index contributed by atoms with van der Waals surface area (Å²) in [7, 11) is 1.58. The molecule has 8 heteroatoms. The van der Waals surface area contributed by atoms with Gasteiger partial charge in [-0.2, -0.15) is 0 Å². The van der Waals surface area contributed by atoms with E-state index in [1.165, 1.54) is 6.92 Å². The molecule has 1 aromatic heterocycles. The van der Waals surface area contributed by atoms with Crippen LogP contribution in [0.4, 0.5) is 0 Å². The van der Waals surface area contributed by atoms with Gasteiger partial charge >= 0.3 is 0 Å². The molecule has 8 nitrogen and oxygen atoms in total. The quantitative estimate of drug-likeness (QED) is 0.777. The van der Waals surface area contributed by atoms with E-state index in [-0.39, 0.29) is 30.6 Å². The van der Waals surface area contributed by atoms with Gasteiger partial charge in [0.2, 0.25) is 18.4 Å². The topological polar surface area (TPSA) is 81.2 Å². The highest BCUT2D eigenvalue weighted by Gasteiger charge is 2.43. The fourth-order valence-electron chi connectivity index (χ4n) is 4.26. The number of rotatable bonds is 2. The summed E-state index contributed by atoms with van der Waals surface area (Å²) in [6.45, 7) is 2.03. The second kappa shape index (κ2) is 6.51. The molecule has 0 aliphatic carbocycles. The molecule has 5 rings (SSSR count). The number of carbonyl (C=O) groups is 2. The molecule has 0 saturated carbocycles. The van der Waals surface area contributed by atoms with E-state index in [2.05, 4.69) is 4.98 Å². The Labute approximate surface area is 167 Å². The fraction of sp³-hybridized carbons (Fsp3) is 0.286. The lowest BCUT2D eigenvalue weighted by atomic mass is 9.78. The van der Waals surface area contributed by atoms with Gasteiger partial charge in [-0.3, -0.25) is 14.6 Å². The third-order valence-electron chi connectivity index (χ3n) is 5.63. The van der Waals surface area contributed by atoms with Crippen molar-refractivity contribution in [1.29, 1.82) is 0 Å². The number of aromatic nitrogens is 1. The molecule has 0 N–H and O–H groups in total. The molecule has 0 spiro atoms. The molecule has 1 aromatic carbocycles. The van der Waals surface area contributed by atoms with Gasteiger partial charge in [-0.15, -0.1) is 0 Å². The summed E-state index contributed by atoms with van der Waals surface area (Å²) in [5.41, 5.74) is 2.32. The number of ether oxygens (including phenoxy) is 3. The molecule has 2 aromatic rings. The minimum Gasteiger partial charge on any atom is -0.493 e. The first-order chi connectivity index (χ1) is 14.1. The number of hydrogen-bond acceptors (Lipinski definition) is 6. The normalized spacial score (nSPS) is 21.7. The van der Waals surface area contributed by atoms with Crippen molar-refractivity contribution in [3.8, 4) is 17.2 Å². The van der Waals surface area contributed by atoms with Crippen molar-refractivity contribution < 1.29 is 23.8 Å². The summed E-state index contributed by atoms with van der Waals surface area (Å²) in [6, 6.07) is 5.27. The van der Waals surface area contributed by atoms with Gasteiger partial charge in [0.05, 0.1) is 13.2 Å². The molecular formula is C21H19N3O5. The molecule has 3 aliphatic rings. The van der Waals surface area contributed by atoms with E-state index in [1.807, 2.05) is 12.1 Å². The van der Waals surface area contributed by atoms with Crippen molar-refractivity contribution in [2.75, 3.05) is 20.4 Å². The van der Waals surface area contributed by atoms with Gasteiger partial charge in [-0.1, -0.05) is 0 Å². The van der Waals surface area contributed by atoms with Crippen molar-refractivity contribution in [2.24, 2.45) is 0 Å². The van der Waals surface area contributed by atoms with Crippen LogP contribution in [-0.4, -0.2) is 53.1 Å². The van der Waals surface area contributed by atoms with Crippen molar-refractivity contribution in [3.05, 3.63) is 59.7 Å². The van der Waals surface area contributed by atoms with Crippen LogP contribution in [0.15, 0.2) is 43.0 Å². The van der Waals surface area contributed by atoms with E-state index >= 15 is 0 Å². The van der Waals surface area contributed by atoms with Gasteiger partial charge in [0.25, 0.3) is 5.91 Å². The minimum atomic E-state index is -0.279. The van der Waals surface area contributed by atoms with E-state index in [4.69, 9.17) is 14.2 Å². The standard InChI is InChI=1S/C21H19N3O5/c1-12(25)23-5-6-24-16(10-23)19(15-9-22-4-3-14(15)21(24)26)13-7-17(27-2)20-18(8-13)28-11-29-20/h3-9,16,19H,10-11H2,1-2H3/t16-,19+/m1/s1. The van der Waals surface area contributed by atoms with Crippen LogP contribution in [-0.2, 0) is 4.79 Å². The summed E-state index contributed by atoms with van der Waals surface area (Å²) in [6.07, 6.45) is 6.67. The van der Waals surface area contributed by atoms with E-state index in [9.17, 15) is 9.59 Å². The average Bonchev–Trinajstić information content (AvgIpc) is 3.22. The highest BCUT2D eigenvalue weighted by atomic mass is 16.7. The summed E-state index contributed by atoms with van der Waals surface area (Å²) in [4.78, 5) is 32.7. The first-order valence-corrected chi connectivity index (χ1v) is 9.28. The number of carbonyl (C=O) groups excluding carboxylic acids is 2. The smallest absolute Gasteiger partial charge is 0.258 e. The Bertz CT molecular complexity index is 1050. The SMILES string of the molecule is COc1cc([C@H]2c3cnccc3C(=O)N3C=CN(C(C)=O)C[C@H]23)cc2c1OCO2. The van der Waals surface area contributed by atoms with Crippen molar-refractivity contribution in [2.45, 2.75) is 18.9 Å². The maximum atomic E-state index is 13.1. The largest absolute Gasteiger partial charge is 0.493 e. The third kappa shape index (κ3) is 2.63. The Morgan fingerprint density at radius 2 is 2.14 bits per heavy atom. The van der Waals surface area contributed by atoms with Gasteiger partial charge in [-0.05, 0) is 29.3 Å². The second-order valence-electron chi connectivity index (χ2n) is 7.15. The Morgan fingerprint density at radius 3 is 2.93 bits per heavy atom. The molecular weight excluding hydrogens is 374 g/mol. The van der Waals surface area contributed by atoms with Crippen LogP contribution in [0.25, 0.3) is 0 Å². The van der Waals surface area contributed by atoms with Crippen LogP contribution in [0.1, 0.15) is 34.3 Å². The highest BCUT2D eigenvalue weighted by molar-refractivity contribution is 5.98. The highest BCUT2D eigenvalue weighted by Crippen LogP contribution is 2.47. The van der Waals surface area contributed by atoms with E-state index < -0.39 is 0 Å². The molecule has 2 atom stereocenters. The average molecular weight is 393 g/mol. The first-order valence-electron chi connectivity index (χ1n) is 9.28. The monoisotopic (exact) mass is 393 g/mol. The van der Waals surface area contributed by atoms with Gasteiger partial charge in [-0.25, -0.2) is 0 Å². The van der Waals surface area contributed by atoms with Crippen LogP contribution < -0.4 is 14.2 Å². The number of amides is 2. The van der Waals surface area contributed by atoms with Gasteiger partial charge in [0.1, 0.15) is 0 Å². The Kier molecular flexibility index (Phi) is 3.94. The maximum absolute atomic E-state index is 13.1. The lowest BCUT2D eigenvalue weighted by Crippen LogP contribution is -2.53. The number of benzene rings is 1. The number of methoxy groups -OCH3 is 1. The molecule has 0 saturated heterocycles. The molecule has 148 valence electrons. The zero-order chi connectivity index (χ0) is 20.1. The molecule has 0 radical (unpaired) electrons. The van der Waals surface area contributed by atoms with Crippen LogP contribution in [0.3, 0.4) is 0 Å². The molecule has 3 aliphatic heterocycles. The summed E-state index contributed by atoms with van der Waals surface area (Å²) in [5, 5.41) is 0. The molecule has 0 unspecified atom stereocenters. The summed E-state index contributed by atoms with van der Waals surface area (Å²) >= 11 is 0. The third-order valence-corrected chi connectivity index (χ3v) is 5.63. The zero-order valence-corrected chi connectivity index (χ0v) is 16.0. The van der Waals surface area contributed by atoms with Gasteiger partial charge < -0.3 is 24.0 Å². The predicted molar refractivity (Wildman–Crippen MR) is 102 cm³/mol. The number of hydrogen-bond donors (Lipinski definition) is 0. The number of pyridine rings is 1. The molecule has 4 heterocycles. The van der Waals surface area contributed by atoms with Crippen molar-refractivity contribution in [3.63, 3.8) is 0 Å². The summed E-state index contributed by atoms with van der Waals surface area (Å²) < 4.78 is 16.6. The fourth-order valence-corrected chi connectivity index (χ4v) is 4.26. The summed E-state index contributed by atoms with van der Waals surface area (Å²) in [5.74, 6) is 1.34. The lowest BCUT2D eigenvalue weighted by Gasteiger charge is -2.44. The first kappa shape index (κ1) is 17.5. The van der Waals surface area contributed by atoms with Crippen LogP contribution in [0.5, 0.6) is 17.2 Å². The molecule has 2 amide bonds. The van der Waals surface area contributed by atoms with E-state index in [0.717, 1.165) is 11.1 Å². The number of fused-ring (bicyclic) bond motifs is 3. The van der Waals surface area contributed by atoms with Crippen LogP contribution in [0, 0.1) is 0 Å². The molecule has 0 bridgehead atoms. The van der Waals surface area contributed by atoms with E-state index in [0.29, 0.717) is 29.4 Å². The predicted octanol–water partition coefficient (Wildman–Crippen LogP) is 2.11. The Hall–Kier alpha value is -3.55. The minimum absolute atomic E-state index is 0.0765.